The zero-order valence-corrected chi connectivity index (χ0v) is 4.14. The summed E-state index contributed by atoms with van der Waals surface area (Å²) in [5.74, 6) is 0. The molecular weight excluding hydrogens is 144 g/mol. The summed E-state index contributed by atoms with van der Waals surface area (Å²) in [6.07, 6.45) is -2.43. The number of hydrogen-bond donors (Lipinski definition) is 1. The van der Waals surface area contributed by atoms with Gasteiger partial charge < -0.3 is 5.11 Å². The Balaban J connectivity index is 3.38. The van der Waals surface area contributed by atoms with Crippen LogP contribution in [-0.4, -0.2) is 28.6 Å². The van der Waals surface area contributed by atoms with Crippen LogP contribution in [0, 0.1) is 0 Å². The van der Waals surface area contributed by atoms with Crippen molar-refractivity contribution in [1.82, 2.24) is 10.7 Å². The van der Waals surface area contributed by atoms with Gasteiger partial charge in [0.1, 0.15) is 6.54 Å². The summed E-state index contributed by atoms with van der Waals surface area (Å²) in [6.45, 7) is -1.40. The fourth-order valence-corrected chi connectivity index (χ4v) is 0.185. The summed E-state index contributed by atoms with van der Waals surface area (Å²) >= 11 is 0. The first-order chi connectivity index (χ1) is 4.04. The molecule has 0 saturated heterocycles. The average Bonchev–Trinajstić information content (AvgIpc) is 1.63. The molecule has 0 aromatic heterocycles. The molecule has 0 aromatic carbocycles. The summed E-state index contributed by atoms with van der Waals surface area (Å²) in [4.78, 5) is 0. The number of rotatable bonds is 3. The second-order valence-corrected chi connectivity index (χ2v) is 1.23. The molecule has 3 nitrogen and oxygen atoms in total. The third-order valence-electron chi connectivity index (χ3n) is 0.527. The fourth-order valence-electron chi connectivity index (χ4n) is 0.185. The van der Waals surface area contributed by atoms with Gasteiger partial charge in [-0.2, -0.15) is 0 Å². The molecule has 0 spiro atoms. The quantitative estimate of drug-likeness (QED) is 0.357. The van der Waals surface area contributed by atoms with Gasteiger partial charge in [0.05, 0.1) is 5.34 Å². The van der Waals surface area contributed by atoms with Crippen molar-refractivity contribution in [2.45, 2.75) is 6.23 Å². The highest BCUT2D eigenvalue weighted by Crippen LogP contribution is 2.00. The number of hydrogen-bond acceptors (Lipinski definition) is 3. The van der Waals surface area contributed by atoms with Crippen molar-refractivity contribution < 1.29 is 23.0 Å². The lowest BCUT2D eigenvalue weighted by Gasteiger charge is -2.08. The molecule has 1 N–H and O–H groups in total. The van der Waals surface area contributed by atoms with Gasteiger partial charge in [-0.05, 0) is 0 Å². The first-order valence-corrected chi connectivity index (χ1v) is 1.92. The maximum atomic E-state index is 11.0. The molecule has 0 amide bonds. The zero-order chi connectivity index (χ0) is 7.44. The topological polar surface area (TPSA) is 26.7 Å². The van der Waals surface area contributed by atoms with Crippen LogP contribution < -0.4 is 0 Å². The van der Waals surface area contributed by atoms with Crippen LogP contribution in [-0.2, 0) is 0 Å². The number of aliphatic hydroxyl groups is 1. The standard InChI is InChI=1S/C2H4F4N2O/c3-7(4)1-2(9)8(5)6/h2,9H,1H2. The maximum Gasteiger partial charge on any atom is 0.185 e. The molecule has 1 unspecified atom stereocenters. The van der Waals surface area contributed by atoms with Gasteiger partial charge in [-0.1, -0.05) is 8.96 Å². The Hall–Kier alpha value is -0.400. The van der Waals surface area contributed by atoms with Crippen LogP contribution in [0.2, 0.25) is 0 Å². The first kappa shape index (κ1) is 8.60. The molecule has 0 heterocycles. The smallest absolute Gasteiger partial charge is 0.185 e. The van der Waals surface area contributed by atoms with Gasteiger partial charge >= 0.3 is 0 Å². The van der Waals surface area contributed by atoms with Crippen molar-refractivity contribution in [3.63, 3.8) is 0 Å². The van der Waals surface area contributed by atoms with Crippen LogP contribution in [0.1, 0.15) is 0 Å². The molecule has 0 saturated carbocycles. The van der Waals surface area contributed by atoms with Gasteiger partial charge in [0.2, 0.25) is 0 Å². The van der Waals surface area contributed by atoms with Gasteiger partial charge in [-0.15, -0.1) is 8.96 Å². The molecule has 0 bridgehead atoms. The van der Waals surface area contributed by atoms with E-state index >= 15 is 0 Å². The predicted octanol–water partition coefficient (Wildman–Crippen LogP) is 0.447. The van der Waals surface area contributed by atoms with E-state index in [1.54, 1.807) is 0 Å². The summed E-state index contributed by atoms with van der Waals surface area (Å²) < 4.78 is 43.9. The lowest BCUT2D eigenvalue weighted by molar-refractivity contribution is -0.280. The Labute approximate surface area is 47.8 Å². The van der Waals surface area contributed by atoms with Crippen molar-refractivity contribution in [2.75, 3.05) is 6.54 Å². The fraction of sp³-hybridized carbons (Fsp3) is 1.00. The molecule has 0 rings (SSSR count). The van der Waals surface area contributed by atoms with E-state index in [0.29, 0.717) is 0 Å². The second kappa shape index (κ2) is 3.59. The Morgan fingerprint density at radius 3 is 1.78 bits per heavy atom. The highest BCUT2D eigenvalue weighted by Gasteiger charge is 2.18. The van der Waals surface area contributed by atoms with Gasteiger partial charge in [-0.3, -0.25) is 0 Å². The van der Waals surface area contributed by atoms with Crippen LogP contribution in [0.3, 0.4) is 0 Å². The van der Waals surface area contributed by atoms with Crippen LogP contribution in [0.15, 0.2) is 0 Å². The van der Waals surface area contributed by atoms with Crippen molar-refractivity contribution in [3.05, 3.63) is 0 Å². The molecular formula is C2H4F4N2O. The Bertz CT molecular complexity index is 79.0. The first-order valence-electron chi connectivity index (χ1n) is 1.92. The predicted molar refractivity (Wildman–Crippen MR) is 19.0 cm³/mol. The number of aliphatic hydroxyl groups excluding tert-OH is 1. The molecule has 1 atom stereocenters. The minimum Gasteiger partial charge on any atom is -0.372 e. The summed E-state index contributed by atoms with van der Waals surface area (Å²) in [6, 6.07) is 0. The largest absolute Gasteiger partial charge is 0.372 e. The molecule has 0 aliphatic heterocycles. The molecule has 0 aliphatic rings. The van der Waals surface area contributed by atoms with E-state index in [1.165, 1.54) is 0 Å². The van der Waals surface area contributed by atoms with E-state index in [9.17, 15) is 17.9 Å². The van der Waals surface area contributed by atoms with Gasteiger partial charge in [0, 0.05) is 5.34 Å². The van der Waals surface area contributed by atoms with E-state index in [1.807, 2.05) is 0 Å². The molecule has 0 aromatic rings. The summed E-state index contributed by atoms with van der Waals surface area (Å²) in [5.41, 5.74) is 0. The highest BCUT2D eigenvalue weighted by atomic mass is 19.4. The SMILES string of the molecule is OC(CN(F)F)N(F)F. The van der Waals surface area contributed by atoms with E-state index in [4.69, 9.17) is 5.11 Å². The molecule has 0 fully saturated rings. The lowest BCUT2D eigenvalue weighted by atomic mass is 10.6. The summed E-state index contributed by atoms with van der Waals surface area (Å²) in [7, 11) is 0. The number of nitrogens with zero attached hydrogens (tertiary/aromatic N) is 2. The maximum absolute atomic E-state index is 11.0. The average molecular weight is 148 g/mol. The van der Waals surface area contributed by atoms with Crippen molar-refractivity contribution in [1.29, 1.82) is 0 Å². The molecule has 0 aliphatic carbocycles. The van der Waals surface area contributed by atoms with Crippen molar-refractivity contribution in [2.24, 2.45) is 0 Å². The third-order valence-corrected chi connectivity index (χ3v) is 0.527. The second-order valence-electron chi connectivity index (χ2n) is 1.23. The van der Waals surface area contributed by atoms with Gasteiger partial charge in [0.25, 0.3) is 0 Å². The van der Waals surface area contributed by atoms with Crippen LogP contribution in [0.4, 0.5) is 17.9 Å². The number of halogens is 4. The highest BCUT2D eigenvalue weighted by molar-refractivity contribution is 4.40. The zero-order valence-electron chi connectivity index (χ0n) is 4.14. The lowest BCUT2D eigenvalue weighted by Crippen LogP contribution is -2.29. The Kier molecular flexibility index (Phi) is 3.43. The Morgan fingerprint density at radius 1 is 1.22 bits per heavy atom. The minimum absolute atomic E-state index is 1.40. The molecule has 7 heteroatoms. The molecule has 56 valence electrons. The van der Waals surface area contributed by atoms with Crippen LogP contribution in [0.5, 0.6) is 0 Å². The molecule has 9 heavy (non-hydrogen) atoms. The van der Waals surface area contributed by atoms with Crippen LogP contribution >= 0.6 is 0 Å². The normalized spacial score (nSPS) is 15.0. The summed E-state index contributed by atoms with van der Waals surface area (Å²) in [5, 5.41) is 4.72. The van der Waals surface area contributed by atoms with E-state index in [0.717, 1.165) is 0 Å². The monoisotopic (exact) mass is 148 g/mol. The van der Waals surface area contributed by atoms with E-state index < -0.39 is 23.5 Å². The van der Waals surface area contributed by atoms with Crippen LogP contribution in [0.25, 0.3) is 0 Å². The van der Waals surface area contributed by atoms with Crippen molar-refractivity contribution in [3.8, 4) is 0 Å². The van der Waals surface area contributed by atoms with Gasteiger partial charge in [0.15, 0.2) is 6.23 Å². The van der Waals surface area contributed by atoms with E-state index in [-0.39, 0.29) is 0 Å². The van der Waals surface area contributed by atoms with E-state index in [2.05, 4.69) is 0 Å². The molecule has 0 radical (unpaired) electrons. The minimum atomic E-state index is -2.43. The van der Waals surface area contributed by atoms with Gasteiger partial charge in [-0.25, -0.2) is 0 Å². The van der Waals surface area contributed by atoms with Crippen molar-refractivity contribution >= 4 is 0 Å². The third kappa shape index (κ3) is 4.13. The Morgan fingerprint density at radius 2 is 1.67 bits per heavy atom.